The monoisotopic (exact) mass is 248 g/mol. The van der Waals surface area contributed by atoms with Crippen LogP contribution in [0.2, 0.25) is 0 Å². The summed E-state index contributed by atoms with van der Waals surface area (Å²) in [6.07, 6.45) is 1.76. The van der Waals surface area contributed by atoms with E-state index in [0.717, 1.165) is 18.5 Å². The number of nitrogens with two attached hydrogens (primary N) is 1. The summed E-state index contributed by atoms with van der Waals surface area (Å²) in [4.78, 5) is 14.1. The van der Waals surface area contributed by atoms with Crippen LogP contribution in [-0.4, -0.2) is 25.7 Å². The highest BCUT2D eigenvalue weighted by molar-refractivity contribution is 5.95. The molecule has 1 aliphatic heterocycles. The highest BCUT2D eigenvalue weighted by Crippen LogP contribution is 2.27. The molecule has 1 aliphatic rings. The molecule has 18 heavy (non-hydrogen) atoms. The van der Waals surface area contributed by atoms with Crippen LogP contribution in [0.5, 0.6) is 0 Å². The molecule has 98 valence electrons. The SMILES string of the molecule is CCC1OCCC1C(=O)N(C)c1ccc(N)cc1. The molecule has 1 heterocycles. The summed E-state index contributed by atoms with van der Waals surface area (Å²) in [5.74, 6) is 0.113. The first-order chi connectivity index (χ1) is 8.63. The summed E-state index contributed by atoms with van der Waals surface area (Å²) in [5.41, 5.74) is 7.22. The fraction of sp³-hybridized carbons (Fsp3) is 0.500. The first-order valence-electron chi connectivity index (χ1n) is 6.38. The molecule has 2 atom stereocenters. The largest absolute Gasteiger partial charge is 0.399 e. The van der Waals surface area contributed by atoms with Crippen LogP contribution in [-0.2, 0) is 9.53 Å². The smallest absolute Gasteiger partial charge is 0.232 e. The van der Waals surface area contributed by atoms with Crippen molar-refractivity contribution in [3.8, 4) is 0 Å². The van der Waals surface area contributed by atoms with Crippen molar-refractivity contribution >= 4 is 17.3 Å². The first-order valence-corrected chi connectivity index (χ1v) is 6.38. The Bertz CT molecular complexity index is 416. The van der Waals surface area contributed by atoms with Gasteiger partial charge in [0, 0.05) is 25.0 Å². The van der Waals surface area contributed by atoms with Gasteiger partial charge in [0.25, 0.3) is 0 Å². The number of nitrogen functional groups attached to an aromatic ring is 1. The van der Waals surface area contributed by atoms with Gasteiger partial charge < -0.3 is 15.4 Å². The number of hydrogen-bond acceptors (Lipinski definition) is 3. The molecule has 1 aromatic carbocycles. The van der Waals surface area contributed by atoms with Crippen molar-refractivity contribution in [2.75, 3.05) is 24.3 Å². The number of carbonyl (C=O) groups excluding carboxylic acids is 1. The van der Waals surface area contributed by atoms with Gasteiger partial charge >= 0.3 is 0 Å². The lowest BCUT2D eigenvalue weighted by Crippen LogP contribution is -2.36. The highest BCUT2D eigenvalue weighted by atomic mass is 16.5. The number of nitrogens with zero attached hydrogens (tertiary/aromatic N) is 1. The normalized spacial score (nSPS) is 23.0. The topological polar surface area (TPSA) is 55.6 Å². The van der Waals surface area contributed by atoms with Crippen molar-refractivity contribution < 1.29 is 9.53 Å². The lowest BCUT2D eigenvalue weighted by atomic mass is 9.98. The second-order valence-electron chi connectivity index (χ2n) is 4.70. The quantitative estimate of drug-likeness (QED) is 0.833. The van der Waals surface area contributed by atoms with Crippen LogP contribution in [0, 0.1) is 5.92 Å². The van der Waals surface area contributed by atoms with E-state index in [1.165, 1.54) is 0 Å². The summed E-state index contributed by atoms with van der Waals surface area (Å²) in [7, 11) is 1.80. The molecular weight excluding hydrogens is 228 g/mol. The van der Waals surface area contributed by atoms with Gasteiger partial charge in [0.2, 0.25) is 5.91 Å². The fourth-order valence-electron chi connectivity index (χ4n) is 2.41. The molecule has 0 aliphatic carbocycles. The third kappa shape index (κ3) is 2.48. The van der Waals surface area contributed by atoms with Crippen LogP contribution in [0.4, 0.5) is 11.4 Å². The number of benzene rings is 1. The molecule has 2 N–H and O–H groups in total. The van der Waals surface area contributed by atoms with E-state index in [9.17, 15) is 4.79 Å². The molecule has 1 aromatic rings. The summed E-state index contributed by atoms with van der Waals surface area (Å²) < 4.78 is 5.57. The number of hydrogen-bond donors (Lipinski definition) is 1. The van der Waals surface area contributed by atoms with E-state index < -0.39 is 0 Å². The Balaban J connectivity index is 2.11. The molecule has 4 nitrogen and oxygen atoms in total. The molecule has 2 unspecified atom stereocenters. The third-order valence-electron chi connectivity index (χ3n) is 3.54. The van der Waals surface area contributed by atoms with Crippen molar-refractivity contribution in [3.05, 3.63) is 24.3 Å². The van der Waals surface area contributed by atoms with E-state index in [0.29, 0.717) is 12.3 Å². The van der Waals surface area contributed by atoms with E-state index in [4.69, 9.17) is 10.5 Å². The molecule has 0 bridgehead atoms. The fourth-order valence-corrected chi connectivity index (χ4v) is 2.41. The summed E-state index contributed by atoms with van der Waals surface area (Å²) >= 11 is 0. The number of rotatable bonds is 3. The molecule has 0 saturated carbocycles. The Morgan fingerprint density at radius 1 is 1.44 bits per heavy atom. The van der Waals surface area contributed by atoms with Crippen LogP contribution in [0.3, 0.4) is 0 Å². The van der Waals surface area contributed by atoms with E-state index in [1.807, 2.05) is 24.3 Å². The Morgan fingerprint density at radius 3 is 2.72 bits per heavy atom. The first kappa shape index (κ1) is 12.9. The zero-order chi connectivity index (χ0) is 13.1. The average Bonchev–Trinajstić information content (AvgIpc) is 2.86. The number of ether oxygens (including phenoxy) is 1. The summed E-state index contributed by atoms with van der Waals surface area (Å²) in [6.45, 7) is 2.74. The van der Waals surface area contributed by atoms with Gasteiger partial charge in [0.05, 0.1) is 12.0 Å². The van der Waals surface area contributed by atoms with Crippen LogP contribution >= 0.6 is 0 Å². The van der Waals surface area contributed by atoms with Gasteiger partial charge in [0.15, 0.2) is 0 Å². The molecule has 0 aromatic heterocycles. The molecule has 1 fully saturated rings. The predicted octanol–water partition coefficient (Wildman–Crippen LogP) is 2.05. The number of carbonyl (C=O) groups is 1. The Hall–Kier alpha value is -1.55. The molecule has 1 amide bonds. The average molecular weight is 248 g/mol. The Morgan fingerprint density at radius 2 is 2.11 bits per heavy atom. The zero-order valence-electron chi connectivity index (χ0n) is 10.9. The molecular formula is C14H20N2O2. The zero-order valence-corrected chi connectivity index (χ0v) is 10.9. The highest BCUT2D eigenvalue weighted by Gasteiger charge is 2.34. The van der Waals surface area contributed by atoms with Crippen molar-refractivity contribution in [1.29, 1.82) is 0 Å². The van der Waals surface area contributed by atoms with E-state index >= 15 is 0 Å². The minimum atomic E-state index is -0.0162. The number of anilines is 2. The van der Waals surface area contributed by atoms with Crippen molar-refractivity contribution in [3.63, 3.8) is 0 Å². The lowest BCUT2D eigenvalue weighted by Gasteiger charge is -2.23. The second kappa shape index (κ2) is 5.40. The maximum atomic E-state index is 12.4. The Labute approximate surface area is 108 Å². The molecule has 0 radical (unpaired) electrons. The van der Waals surface area contributed by atoms with Crippen molar-refractivity contribution in [1.82, 2.24) is 0 Å². The van der Waals surface area contributed by atoms with Crippen molar-refractivity contribution in [2.45, 2.75) is 25.9 Å². The van der Waals surface area contributed by atoms with E-state index in [2.05, 4.69) is 6.92 Å². The molecule has 0 spiro atoms. The Kier molecular flexibility index (Phi) is 3.87. The van der Waals surface area contributed by atoms with Crippen LogP contribution in [0.1, 0.15) is 19.8 Å². The molecule has 4 heteroatoms. The maximum Gasteiger partial charge on any atom is 0.232 e. The van der Waals surface area contributed by atoms with Gasteiger partial charge in [-0.05, 0) is 37.1 Å². The van der Waals surface area contributed by atoms with Gasteiger partial charge in [0.1, 0.15) is 0 Å². The van der Waals surface area contributed by atoms with E-state index in [1.54, 1.807) is 11.9 Å². The van der Waals surface area contributed by atoms with Gasteiger partial charge in [-0.3, -0.25) is 4.79 Å². The van der Waals surface area contributed by atoms with Crippen LogP contribution in [0.15, 0.2) is 24.3 Å². The van der Waals surface area contributed by atoms with Crippen LogP contribution < -0.4 is 10.6 Å². The van der Waals surface area contributed by atoms with E-state index in [-0.39, 0.29) is 17.9 Å². The molecule has 1 saturated heterocycles. The standard InChI is InChI=1S/C14H20N2O2/c1-3-13-12(8-9-18-13)14(17)16(2)11-6-4-10(15)5-7-11/h4-7,12-13H,3,8-9,15H2,1-2H3. The summed E-state index contributed by atoms with van der Waals surface area (Å²) in [6, 6.07) is 7.34. The van der Waals surface area contributed by atoms with Gasteiger partial charge in [-0.25, -0.2) is 0 Å². The van der Waals surface area contributed by atoms with Gasteiger partial charge in [-0.1, -0.05) is 6.92 Å². The minimum absolute atomic E-state index is 0.0162. The third-order valence-corrected chi connectivity index (χ3v) is 3.54. The van der Waals surface area contributed by atoms with Gasteiger partial charge in [-0.15, -0.1) is 0 Å². The van der Waals surface area contributed by atoms with Crippen LogP contribution in [0.25, 0.3) is 0 Å². The number of amides is 1. The van der Waals surface area contributed by atoms with Crippen molar-refractivity contribution in [2.24, 2.45) is 5.92 Å². The lowest BCUT2D eigenvalue weighted by molar-refractivity contribution is -0.123. The summed E-state index contributed by atoms with van der Waals surface area (Å²) in [5, 5.41) is 0. The minimum Gasteiger partial charge on any atom is -0.399 e. The maximum absolute atomic E-state index is 12.4. The van der Waals surface area contributed by atoms with Gasteiger partial charge in [-0.2, -0.15) is 0 Å². The predicted molar refractivity (Wildman–Crippen MR) is 72.4 cm³/mol. The molecule has 2 rings (SSSR count). The second-order valence-corrected chi connectivity index (χ2v) is 4.70.